The van der Waals surface area contributed by atoms with Crippen molar-refractivity contribution < 1.29 is 9.53 Å². The second kappa shape index (κ2) is 7.86. The number of rotatable bonds is 5. The van der Waals surface area contributed by atoms with Gasteiger partial charge in [0.1, 0.15) is 11.4 Å². The lowest BCUT2D eigenvalue weighted by Crippen LogP contribution is -2.16. The van der Waals surface area contributed by atoms with Crippen molar-refractivity contribution in [3.05, 3.63) is 71.0 Å². The van der Waals surface area contributed by atoms with Crippen LogP contribution in [0.4, 0.5) is 17.3 Å². The Kier molecular flexibility index (Phi) is 5.35. The third kappa shape index (κ3) is 4.61. The van der Waals surface area contributed by atoms with Gasteiger partial charge in [-0.15, -0.1) is 0 Å². The number of hydrogen-bond donors (Lipinski definition) is 2. The summed E-state index contributed by atoms with van der Waals surface area (Å²) in [5.41, 5.74) is 4.67. The Morgan fingerprint density at radius 2 is 1.70 bits per heavy atom. The van der Waals surface area contributed by atoms with Crippen LogP contribution in [0, 0.1) is 20.8 Å². The molecule has 2 aromatic carbocycles. The van der Waals surface area contributed by atoms with E-state index in [1.165, 1.54) is 0 Å². The largest absolute Gasteiger partial charge is 0.497 e. The Morgan fingerprint density at radius 1 is 0.963 bits per heavy atom. The van der Waals surface area contributed by atoms with Crippen LogP contribution in [0.2, 0.25) is 0 Å². The van der Waals surface area contributed by atoms with Crippen LogP contribution in [0.25, 0.3) is 0 Å². The van der Waals surface area contributed by atoms with Crippen LogP contribution >= 0.6 is 0 Å². The molecular formula is C21H22N4O2. The molecule has 0 unspecified atom stereocenters. The molecule has 3 rings (SSSR count). The Balaban J connectivity index is 1.81. The summed E-state index contributed by atoms with van der Waals surface area (Å²) in [5, 5.41) is 6.05. The van der Waals surface area contributed by atoms with Crippen molar-refractivity contribution in [1.29, 1.82) is 0 Å². The molecule has 138 valence electrons. The molecule has 0 saturated heterocycles. The van der Waals surface area contributed by atoms with Crippen molar-refractivity contribution in [2.24, 2.45) is 0 Å². The molecule has 0 fully saturated rings. The van der Waals surface area contributed by atoms with Gasteiger partial charge in [0.15, 0.2) is 0 Å². The van der Waals surface area contributed by atoms with Crippen LogP contribution in [-0.4, -0.2) is 23.0 Å². The Morgan fingerprint density at radius 3 is 2.41 bits per heavy atom. The highest BCUT2D eigenvalue weighted by atomic mass is 16.5. The minimum absolute atomic E-state index is 0.271. The highest BCUT2D eigenvalue weighted by molar-refractivity contribution is 6.03. The second-order valence-electron chi connectivity index (χ2n) is 6.34. The van der Waals surface area contributed by atoms with Crippen molar-refractivity contribution in [2.75, 3.05) is 17.7 Å². The summed E-state index contributed by atoms with van der Waals surface area (Å²) in [6.07, 6.45) is 0. The molecule has 6 nitrogen and oxygen atoms in total. The molecule has 0 bridgehead atoms. The number of nitrogens with zero attached hydrogens (tertiary/aromatic N) is 2. The molecule has 27 heavy (non-hydrogen) atoms. The van der Waals surface area contributed by atoms with Crippen LogP contribution in [0.1, 0.15) is 27.3 Å². The zero-order chi connectivity index (χ0) is 19.4. The van der Waals surface area contributed by atoms with Crippen molar-refractivity contribution in [2.45, 2.75) is 20.8 Å². The molecule has 0 aliphatic rings. The molecule has 0 aliphatic heterocycles. The zero-order valence-electron chi connectivity index (χ0n) is 15.8. The van der Waals surface area contributed by atoms with Gasteiger partial charge in [-0.1, -0.05) is 12.1 Å². The standard InChI is InChI=1S/C21H22N4O2/c1-13-5-6-14(2)18(11-13)24-20(26)19-12-15(3)22-21(25-19)23-16-7-9-17(27-4)10-8-16/h5-12H,1-4H3,(H,24,26)(H,22,23,25). The number of carbonyl (C=O) groups is 1. The Labute approximate surface area is 158 Å². The van der Waals surface area contributed by atoms with Crippen LogP contribution < -0.4 is 15.4 Å². The summed E-state index contributed by atoms with van der Waals surface area (Å²) in [7, 11) is 1.62. The molecule has 3 aromatic rings. The predicted molar refractivity (Wildman–Crippen MR) is 107 cm³/mol. The molecule has 0 saturated carbocycles. The van der Waals surface area contributed by atoms with Gasteiger partial charge in [-0.2, -0.15) is 0 Å². The molecule has 0 aliphatic carbocycles. The molecule has 0 radical (unpaired) electrons. The maximum Gasteiger partial charge on any atom is 0.274 e. The summed E-state index contributed by atoms with van der Waals surface area (Å²) in [5.74, 6) is 0.859. The summed E-state index contributed by atoms with van der Waals surface area (Å²) < 4.78 is 5.15. The average Bonchev–Trinajstić information content (AvgIpc) is 2.65. The zero-order valence-corrected chi connectivity index (χ0v) is 15.8. The number of aromatic nitrogens is 2. The molecule has 0 atom stereocenters. The van der Waals surface area contributed by atoms with Crippen molar-refractivity contribution in [1.82, 2.24) is 9.97 Å². The van der Waals surface area contributed by atoms with E-state index in [9.17, 15) is 4.79 Å². The predicted octanol–water partition coefficient (Wildman–Crippen LogP) is 4.41. The Hall–Kier alpha value is -3.41. The number of ether oxygens (including phenoxy) is 1. The van der Waals surface area contributed by atoms with Crippen LogP contribution in [0.15, 0.2) is 48.5 Å². The lowest BCUT2D eigenvalue weighted by Gasteiger charge is -2.11. The van der Waals surface area contributed by atoms with Gasteiger partial charge in [-0.25, -0.2) is 9.97 Å². The normalized spacial score (nSPS) is 10.4. The van der Waals surface area contributed by atoms with Gasteiger partial charge in [0, 0.05) is 17.1 Å². The summed E-state index contributed by atoms with van der Waals surface area (Å²) in [4.78, 5) is 21.4. The fourth-order valence-electron chi connectivity index (χ4n) is 2.60. The van der Waals surface area contributed by atoms with E-state index in [2.05, 4.69) is 20.6 Å². The number of aryl methyl sites for hydroxylation is 3. The molecule has 2 N–H and O–H groups in total. The average molecular weight is 362 g/mol. The van der Waals surface area contributed by atoms with E-state index in [0.717, 1.165) is 28.3 Å². The highest BCUT2D eigenvalue weighted by Crippen LogP contribution is 2.20. The van der Waals surface area contributed by atoms with E-state index >= 15 is 0 Å². The second-order valence-corrected chi connectivity index (χ2v) is 6.34. The van der Waals surface area contributed by atoms with Crippen molar-refractivity contribution >= 4 is 23.2 Å². The number of methoxy groups -OCH3 is 1. The van der Waals surface area contributed by atoms with Crippen molar-refractivity contribution in [3.63, 3.8) is 0 Å². The molecule has 1 heterocycles. The van der Waals surface area contributed by atoms with E-state index in [1.807, 2.05) is 63.2 Å². The topological polar surface area (TPSA) is 76.1 Å². The smallest absolute Gasteiger partial charge is 0.274 e. The van der Waals surface area contributed by atoms with Crippen LogP contribution in [-0.2, 0) is 0 Å². The fraction of sp³-hybridized carbons (Fsp3) is 0.190. The van der Waals surface area contributed by atoms with Crippen molar-refractivity contribution in [3.8, 4) is 5.75 Å². The van der Waals surface area contributed by atoms with E-state index < -0.39 is 0 Å². The van der Waals surface area contributed by atoms with E-state index in [0.29, 0.717) is 17.3 Å². The van der Waals surface area contributed by atoms with Gasteiger partial charge >= 0.3 is 0 Å². The number of benzene rings is 2. The minimum atomic E-state index is -0.271. The first-order chi connectivity index (χ1) is 12.9. The third-order valence-corrected chi connectivity index (χ3v) is 4.07. The summed E-state index contributed by atoms with van der Waals surface area (Å²) >= 11 is 0. The molecular weight excluding hydrogens is 340 g/mol. The third-order valence-electron chi connectivity index (χ3n) is 4.07. The lowest BCUT2D eigenvalue weighted by molar-refractivity contribution is 0.102. The maximum absolute atomic E-state index is 12.7. The number of nitrogens with one attached hydrogen (secondary N) is 2. The molecule has 0 spiro atoms. The van der Waals surface area contributed by atoms with Gasteiger partial charge in [-0.3, -0.25) is 4.79 Å². The van der Waals surface area contributed by atoms with E-state index in [4.69, 9.17) is 4.74 Å². The quantitative estimate of drug-likeness (QED) is 0.703. The molecule has 1 aromatic heterocycles. The fourth-order valence-corrected chi connectivity index (χ4v) is 2.60. The molecule has 6 heteroatoms. The van der Waals surface area contributed by atoms with E-state index in [1.54, 1.807) is 13.2 Å². The maximum atomic E-state index is 12.7. The van der Waals surface area contributed by atoms with Gasteiger partial charge in [-0.05, 0) is 68.3 Å². The number of carbonyl (C=O) groups excluding carboxylic acids is 1. The highest BCUT2D eigenvalue weighted by Gasteiger charge is 2.12. The van der Waals surface area contributed by atoms with Gasteiger partial charge in [0.2, 0.25) is 5.95 Å². The SMILES string of the molecule is COc1ccc(Nc2nc(C)cc(C(=O)Nc3cc(C)ccc3C)n2)cc1. The first-order valence-electron chi connectivity index (χ1n) is 8.60. The van der Waals surface area contributed by atoms with Crippen LogP contribution in [0.5, 0.6) is 5.75 Å². The van der Waals surface area contributed by atoms with Gasteiger partial charge in [0.05, 0.1) is 7.11 Å². The number of amides is 1. The number of anilines is 3. The van der Waals surface area contributed by atoms with E-state index in [-0.39, 0.29) is 5.91 Å². The first kappa shape index (κ1) is 18.4. The molecule has 1 amide bonds. The summed E-state index contributed by atoms with van der Waals surface area (Å²) in [6.45, 7) is 5.77. The Bertz CT molecular complexity index is 968. The first-order valence-corrected chi connectivity index (χ1v) is 8.60. The van der Waals surface area contributed by atoms with Crippen LogP contribution in [0.3, 0.4) is 0 Å². The lowest BCUT2D eigenvalue weighted by atomic mass is 10.1. The van der Waals surface area contributed by atoms with Gasteiger partial charge < -0.3 is 15.4 Å². The summed E-state index contributed by atoms with van der Waals surface area (Å²) in [6, 6.07) is 15.0. The number of hydrogen-bond acceptors (Lipinski definition) is 5. The monoisotopic (exact) mass is 362 g/mol. The minimum Gasteiger partial charge on any atom is -0.497 e. The van der Waals surface area contributed by atoms with Gasteiger partial charge in [0.25, 0.3) is 5.91 Å².